The van der Waals surface area contributed by atoms with Crippen LogP contribution in [0.15, 0.2) is 36.9 Å². The first-order chi connectivity index (χ1) is 10.2. The van der Waals surface area contributed by atoms with Crippen LogP contribution < -0.4 is 0 Å². The molecular weight excluding hydrogens is 270 g/mol. The quantitative estimate of drug-likeness (QED) is 0.597. The molecule has 2 aromatic rings. The molecule has 0 spiro atoms. The predicted octanol–water partition coefficient (Wildman–Crippen LogP) is 2.06. The molecule has 1 aromatic heterocycles. The second-order valence-corrected chi connectivity index (χ2v) is 4.27. The summed E-state index contributed by atoms with van der Waals surface area (Å²) >= 11 is 0. The van der Waals surface area contributed by atoms with Crippen molar-refractivity contribution in [2.75, 3.05) is 6.61 Å². The van der Waals surface area contributed by atoms with E-state index in [-0.39, 0.29) is 24.6 Å². The summed E-state index contributed by atoms with van der Waals surface area (Å²) in [5.74, 6) is 0.105. The van der Waals surface area contributed by atoms with Crippen LogP contribution in [0.1, 0.15) is 30.1 Å². The summed E-state index contributed by atoms with van der Waals surface area (Å²) in [7, 11) is 0. The fraction of sp³-hybridized carbons (Fsp3) is 0.267. The second kappa shape index (κ2) is 7.23. The van der Waals surface area contributed by atoms with E-state index in [2.05, 4.69) is 15.0 Å². The smallest absolute Gasteiger partial charge is 0.306 e. The molecular formula is C15H15N3O3. The zero-order valence-electron chi connectivity index (χ0n) is 11.7. The fourth-order valence-electron chi connectivity index (χ4n) is 1.79. The van der Waals surface area contributed by atoms with Gasteiger partial charge < -0.3 is 4.74 Å². The van der Waals surface area contributed by atoms with Crippen molar-refractivity contribution in [3.8, 4) is 11.4 Å². The van der Waals surface area contributed by atoms with E-state index >= 15 is 0 Å². The van der Waals surface area contributed by atoms with Gasteiger partial charge in [0.1, 0.15) is 12.7 Å². The lowest BCUT2D eigenvalue weighted by Crippen LogP contribution is -2.07. The van der Waals surface area contributed by atoms with Crippen molar-refractivity contribution in [1.82, 2.24) is 15.0 Å². The zero-order valence-corrected chi connectivity index (χ0v) is 11.7. The summed E-state index contributed by atoms with van der Waals surface area (Å²) in [6.45, 7) is 2.06. The minimum atomic E-state index is -0.354. The first-order valence-corrected chi connectivity index (χ1v) is 6.62. The van der Waals surface area contributed by atoms with E-state index < -0.39 is 0 Å². The third kappa shape index (κ3) is 4.17. The van der Waals surface area contributed by atoms with Crippen LogP contribution in [-0.4, -0.2) is 33.3 Å². The Balaban J connectivity index is 1.99. The maximum Gasteiger partial charge on any atom is 0.306 e. The van der Waals surface area contributed by atoms with Gasteiger partial charge in [-0.1, -0.05) is 24.3 Å². The molecule has 0 unspecified atom stereocenters. The maximum absolute atomic E-state index is 12.0. The fourth-order valence-corrected chi connectivity index (χ4v) is 1.79. The molecule has 0 aliphatic heterocycles. The monoisotopic (exact) mass is 285 g/mol. The van der Waals surface area contributed by atoms with Crippen LogP contribution in [0.25, 0.3) is 11.4 Å². The Hall–Kier alpha value is -2.63. The Morgan fingerprint density at radius 2 is 1.71 bits per heavy atom. The van der Waals surface area contributed by atoms with Crippen molar-refractivity contribution < 1.29 is 14.3 Å². The van der Waals surface area contributed by atoms with Crippen molar-refractivity contribution in [2.24, 2.45) is 0 Å². The first-order valence-electron chi connectivity index (χ1n) is 6.62. The number of esters is 1. The number of ether oxygens (including phenoxy) is 1. The highest BCUT2D eigenvalue weighted by Crippen LogP contribution is 2.15. The van der Waals surface area contributed by atoms with Gasteiger partial charge in [-0.15, -0.1) is 0 Å². The lowest BCUT2D eigenvalue weighted by molar-refractivity contribution is -0.143. The average Bonchev–Trinajstić information content (AvgIpc) is 2.54. The topological polar surface area (TPSA) is 82.0 Å². The van der Waals surface area contributed by atoms with E-state index in [1.165, 1.54) is 12.7 Å². The van der Waals surface area contributed by atoms with Crippen LogP contribution >= 0.6 is 0 Å². The van der Waals surface area contributed by atoms with E-state index in [1.54, 1.807) is 31.2 Å². The molecule has 1 heterocycles. The third-order valence-electron chi connectivity index (χ3n) is 2.82. The number of Topliss-reactive ketones (excluding diaryl/α,β-unsaturated/α-hetero) is 1. The minimum absolute atomic E-state index is 0.0924. The number of carbonyl (C=O) groups is 2. The highest BCUT2D eigenvalue weighted by molar-refractivity contribution is 5.97. The van der Waals surface area contributed by atoms with E-state index in [1.807, 2.05) is 0 Å². The van der Waals surface area contributed by atoms with Crippen LogP contribution in [-0.2, 0) is 9.53 Å². The molecule has 0 aliphatic carbocycles. The van der Waals surface area contributed by atoms with Crippen molar-refractivity contribution in [3.63, 3.8) is 0 Å². The molecule has 6 nitrogen and oxygen atoms in total. The number of nitrogens with zero attached hydrogens (tertiary/aromatic N) is 3. The standard InChI is InChI=1S/C15H15N3O3/c1-2-21-14(20)8-7-13(19)11-3-5-12(6-4-11)15-17-9-16-10-18-15/h3-6,9-10H,2,7-8H2,1H3. The lowest BCUT2D eigenvalue weighted by atomic mass is 10.0. The zero-order chi connectivity index (χ0) is 15.1. The lowest BCUT2D eigenvalue weighted by Gasteiger charge is -2.03. The Kier molecular flexibility index (Phi) is 5.09. The normalized spacial score (nSPS) is 10.1. The predicted molar refractivity (Wildman–Crippen MR) is 75.5 cm³/mol. The van der Waals surface area contributed by atoms with Gasteiger partial charge in [0.15, 0.2) is 11.6 Å². The van der Waals surface area contributed by atoms with E-state index in [0.29, 0.717) is 18.0 Å². The van der Waals surface area contributed by atoms with Crippen LogP contribution in [0, 0.1) is 0 Å². The Bertz CT molecular complexity index is 612. The van der Waals surface area contributed by atoms with Gasteiger partial charge in [-0.25, -0.2) is 15.0 Å². The number of benzene rings is 1. The number of hydrogen-bond acceptors (Lipinski definition) is 6. The van der Waals surface area contributed by atoms with Gasteiger partial charge in [-0.05, 0) is 6.92 Å². The molecule has 0 N–H and O–H groups in total. The molecule has 0 amide bonds. The molecule has 21 heavy (non-hydrogen) atoms. The number of hydrogen-bond donors (Lipinski definition) is 0. The maximum atomic E-state index is 12.0. The molecule has 1 aromatic carbocycles. The minimum Gasteiger partial charge on any atom is -0.466 e. The molecule has 0 fully saturated rings. The van der Waals surface area contributed by atoms with E-state index in [4.69, 9.17) is 4.74 Å². The van der Waals surface area contributed by atoms with Gasteiger partial charge in [0.2, 0.25) is 0 Å². The highest BCUT2D eigenvalue weighted by Gasteiger charge is 2.10. The van der Waals surface area contributed by atoms with Crippen molar-refractivity contribution in [1.29, 1.82) is 0 Å². The van der Waals surface area contributed by atoms with Gasteiger partial charge in [0.25, 0.3) is 0 Å². The number of carbonyl (C=O) groups excluding carboxylic acids is 2. The molecule has 0 radical (unpaired) electrons. The summed E-state index contributed by atoms with van der Waals surface area (Å²) in [5.41, 5.74) is 1.36. The Morgan fingerprint density at radius 3 is 2.33 bits per heavy atom. The van der Waals surface area contributed by atoms with Gasteiger partial charge in [-0.3, -0.25) is 9.59 Å². The summed E-state index contributed by atoms with van der Waals surface area (Å²) in [6.07, 6.45) is 3.08. The Morgan fingerprint density at radius 1 is 1.05 bits per heavy atom. The van der Waals surface area contributed by atoms with Gasteiger partial charge >= 0.3 is 5.97 Å². The van der Waals surface area contributed by atoms with Crippen LogP contribution in [0.2, 0.25) is 0 Å². The summed E-state index contributed by atoms with van der Waals surface area (Å²) < 4.78 is 4.79. The number of aromatic nitrogens is 3. The van der Waals surface area contributed by atoms with Gasteiger partial charge in [0.05, 0.1) is 13.0 Å². The molecule has 0 bridgehead atoms. The largest absolute Gasteiger partial charge is 0.466 e. The summed E-state index contributed by atoms with van der Waals surface area (Å²) in [4.78, 5) is 35.0. The van der Waals surface area contributed by atoms with Crippen LogP contribution in [0.3, 0.4) is 0 Å². The first kappa shape index (κ1) is 14.8. The van der Waals surface area contributed by atoms with Crippen LogP contribution in [0.4, 0.5) is 0 Å². The molecule has 108 valence electrons. The number of ketones is 1. The van der Waals surface area contributed by atoms with Crippen molar-refractivity contribution in [2.45, 2.75) is 19.8 Å². The second-order valence-electron chi connectivity index (χ2n) is 4.27. The summed E-state index contributed by atoms with van der Waals surface area (Å²) in [6, 6.07) is 6.94. The van der Waals surface area contributed by atoms with Gasteiger partial charge in [-0.2, -0.15) is 0 Å². The molecule has 2 rings (SSSR count). The van der Waals surface area contributed by atoms with E-state index in [9.17, 15) is 9.59 Å². The molecule has 0 aliphatic rings. The highest BCUT2D eigenvalue weighted by atomic mass is 16.5. The van der Waals surface area contributed by atoms with E-state index in [0.717, 1.165) is 5.56 Å². The molecule has 0 atom stereocenters. The van der Waals surface area contributed by atoms with Crippen LogP contribution in [0.5, 0.6) is 0 Å². The molecule has 0 saturated carbocycles. The van der Waals surface area contributed by atoms with Crippen molar-refractivity contribution in [3.05, 3.63) is 42.5 Å². The molecule has 6 heteroatoms. The number of rotatable bonds is 6. The third-order valence-corrected chi connectivity index (χ3v) is 2.82. The SMILES string of the molecule is CCOC(=O)CCC(=O)c1ccc(-c2ncncn2)cc1. The molecule has 0 saturated heterocycles. The average molecular weight is 285 g/mol. The van der Waals surface area contributed by atoms with Crippen molar-refractivity contribution >= 4 is 11.8 Å². The Labute approximate surface area is 122 Å². The summed E-state index contributed by atoms with van der Waals surface area (Å²) in [5, 5.41) is 0. The van der Waals surface area contributed by atoms with Gasteiger partial charge in [0, 0.05) is 17.5 Å².